The van der Waals surface area contributed by atoms with E-state index in [1.807, 2.05) is 34.9 Å². The third-order valence-corrected chi connectivity index (χ3v) is 6.12. The lowest BCUT2D eigenvalue weighted by atomic mass is 10.1. The van der Waals surface area contributed by atoms with Crippen LogP contribution in [0, 0.1) is 18.3 Å². The minimum absolute atomic E-state index is 0.275. The highest BCUT2D eigenvalue weighted by atomic mass is 79.9. The molecule has 2 aromatic heterocycles. The van der Waals surface area contributed by atoms with E-state index in [2.05, 4.69) is 75.5 Å². The number of benzene rings is 2. The number of hydrogen-bond acceptors (Lipinski definition) is 5. The summed E-state index contributed by atoms with van der Waals surface area (Å²) in [5, 5.41) is 18.9. The zero-order valence-corrected chi connectivity index (χ0v) is 18.7. The molecule has 4 aromatic rings. The van der Waals surface area contributed by atoms with E-state index in [1.54, 1.807) is 0 Å². The van der Waals surface area contributed by atoms with Gasteiger partial charge in [0.05, 0.1) is 12.6 Å². The minimum Gasteiger partial charge on any atom is -0.446 e. The second-order valence-electron chi connectivity index (χ2n) is 6.91. The lowest BCUT2D eigenvalue weighted by molar-refractivity contribution is 0.544. The molecular weight excluding hydrogens is 460 g/mol. The van der Waals surface area contributed by atoms with Gasteiger partial charge in [-0.1, -0.05) is 71.9 Å². The topological polar surface area (TPSA) is 67.6 Å². The summed E-state index contributed by atoms with van der Waals surface area (Å²) in [4.78, 5) is 0. The third kappa shape index (κ3) is 4.84. The number of furan rings is 1. The maximum absolute atomic E-state index is 9.76. The Morgan fingerprint density at radius 1 is 1.03 bits per heavy atom. The first kappa shape index (κ1) is 20.5. The van der Waals surface area contributed by atoms with E-state index < -0.39 is 0 Å². The maximum Gasteiger partial charge on any atom is 0.200 e. The number of halogens is 1. The summed E-state index contributed by atoms with van der Waals surface area (Å²) in [5.74, 6) is 1.27. The van der Waals surface area contributed by atoms with E-state index >= 15 is 0 Å². The van der Waals surface area contributed by atoms with Crippen LogP contribution in [0.15, 0.2) is 81.0 Å². The van der Waals surface area contributed by atoms with Crippen molar-refractivity contribution in [2.24, 2.45) is 0 Å². The van der Waals surface area contributed by atoms with Crippen LogP contribution < -0.4 is 0 Å². The van der Waals surface area contributed by atoms with Crippen molar-refractivity contribution in [2.75, 3.05) is 0 Å². The average Bonchev–Trinajstić information content (AvgIpc) is 3.36. The van der Waals surface area contributed by atoms with Crippen molar-refractivity contribution in [3.63, 3.8) is 0 Å². The van der Waals surface area contributed by atoms with Crippen LogP contribution in [0.2, 0.25) is 0 Å². The fourth-order valence-corrected chi connectivity index (χ4v) is 4.34. The molecule has 0 bridgehead atoms. The molecule has 30 heavy (non-hydrogen) atoms. The second kappa shape index (κ2) is 9.33. The molecule has 0 spiro atoms. The summed E-state index contributed by atoms with van der Waals surface area (Å²) >= 11 is 4.78. The molecule has 2 aromatic carbocycles. The molecule has 0 amide bonds. The van der Waals surface area contributed by atoms with Gasteiger partial charge in [-0.15, -0.1) is 10.2 Å². The van der Waals surface area contributed by atoms with Gasteiger partial charge in [0.15, 0.2) is 15.6 Å². The van der Waals surface area contributed by atoms with Crippen molar-refractivity contribution in [1.29, 1.82) is 5.26 Å². The van der Waals surface area contributed by atoms with Crippen LogP contribution in [0.4, 0.5) is 0 Å². The Kier molecular flexibility index (Phi) is 6.36. The minimum atomic E-state index is -0.275. The zero-order chi connectivity index (χ0) is 20.9. The van der Waals surface area contributed by atoms with Crippen molar-refractivity contribution in [2.45, 2.75) is 30.3 Å². The Morgan fingerprint density at radius 3 is 2.47 bits per heavy atom. The van der Waals surface area contributed by atoms with Gasteiger partial charge in [-0.2, -0.15) is 5.26 Å². The monoisotopic (exact) mass is 478 g/mol. The molecule has 0 aliphatic rings. The lowest BCUT2D eigenvalue weighted by Gasteiger charge is -2.12. The van der Waals surface area contributed by atoms with Crippen LogP contribution in [0.25, 0.3) is 11.6 Å². The van der Waals surface area contributed by atoms with Gasteiger partial charge in [0.2, 0.25) is 5.82 Å². The standard InChI is InChI=1S/C23H19BrN4OS/c1-16-7-9-17(10-8-16)13-19(14-25)30-23-27-26-22(20-11-12-21(24)29-20)28(23)15-18-5-3-2-4-6-18/h2-12,19H,13,15H2,1H3. The maximum atomic E-state index is 9.76. The second-order valence-corrected chi connectivity index (χ2v) is 8.86. The largest absolute Gasteiger partial charge is 0.446 e. The summed E-state index contributed by atoms with van der Waals surface area (Å²) < 4.78 is 8.36. The summed E-state index contributed by atoms with van der Waals surface area (Å²) in [6, 6.07) is 24.5. The predicted octanol–water partition coefficient (Wildman–Crippen LogP) is 5.88. The molecule has 1 unspecified atom stereocenters. The SMILES string of the molecule is Cc1ccc(CC(C#N)Sc2nnc(-c3ccc(Br)o3)n2Cc2ccccc2)cc1. The molecule has 2 heterocycles. The predicted molar refractivity (Wildman–Crippen MR) is 121 cm³/mol. The summed E-state index contributed by atoms with van der Waals surface area (Å²) in [7, 11) is 0. The fourth-order valence-electron chi connectivity index (χ4n) is 3.08. The van der Waals surface area contributed by atoms with Crippen LogP contribution in [0.1, 0.15) is 16.7 Å². The Balaban J connectivity index is 1.63. The number of aryl methyl sites for hydroxylation is 1. The summed E-state index contributed by atoms with van der Waals surface area (Å²) in [6.45, 7) is 2.65. The molecule has 0 N–H and O–H groups in total. The number of thioether (sulfide) groups is 1. The van der Waals surface area contributed by atoms with Gasteiger partial charge in [-0.3, -0.25) is 4.57 Å². The number of nitrogens with zero attached hydrogens (tertiary/aromatic N) is 4. The molecule has 0 aliphatic carbocycles. The van der Waals surface area contributed by atoms with Gasteiger partial charge in [0.25, 0.3) is 0 Å². The van der Waals surface area contributed by atoms with E-state index in [0.29, 0.717) is 34.4 Å². The van der Waals surface area contributed by atoms with Crippen LogP contribution in [-0.2, 0) is 13.0 Å². The Bertz CT molecular complexity index is 1160. The number of hydrogen-bond donors (Lipinski definition) is 0. The summed E-state index contributed by atoms with van der Waals surface area (Å²) in [6.07, 6.45) is 0.640. The van der Waals surface area contributed by atoms with E-state index in [0.717, 1.165) is 11.1 Å². The number of rotatable bonds is 7. The Hall–Kier alpha value is -2.82. The highest BCUT2D eigenvalue weighted by molar-refractivity contribution is 9.10. The van der Waals surface area contributed by atoms with E-state index in [4.69, 9.17) is 4.42 Å². The molecule has 0 fully saturated rings. The summed E-state index contributed by atoms with van der Waals surface area (Å²) in [5.41, 5.74) is 3.46. The molecule has 0 aliphatic heterocycles. The van der Waals surface area contributed by atoms with E-state index in [-0.39, 0.29) is 5.25 Å². The van der Waals surface area contributed by atoms with Crippen molar-refractivity contribution < 1.29 is 4.42 Å². The first-order valence-corrected chi connectivity index (χ1v) is 11.1. The van der Waals surface area contributed by atoms with E-state index in [1.165, 1.54) is 17.3 Å². The smallest absolute Gasteiger partial charge is 0.200 e. The molecule has 0 saturated carbocycles. The first-order valence-electron chi connectivity index (χ1n) is 9.47. The third-order valence-electron chi connectivity index (χ3n) is 4.63. The van der Waals surface area contributed by atoms with Crippen molar-refractivity contribution in [3.05, 3.63) is 88.1 Å². The van der Waals surface area contributed by atoms with Gasteiger partial charge in [-0.05, 0) is 52.5 Å². The molecule has 150 valence electrons. The van der Waals surface area contributed by atoms with Crippen molar-refractivity contribution in [3.8, 4) is 17.7 Å². The average molecular weight is 479 g/mol. The quantitative estimate of drug-likeness (QED) is 0.310. The normalized spacial score (nSPS) is 11.9. The van der Waals surface area contributed by atoms with Crippen LogP contribution in [0.3, 0.4) is 0 Å². The van der Waals surface area contributed by atoms with Crippen molar-refractivity contribution in [1.82, 2.24) is 14.8 Å². The van der Waals surface area contributed by atoms with Gasteiger partial charge in [-0.25, -0.2) is 0 Å². The Labute approximate surface area is 187 Å². The van der Waals surface area contributed by atoms with Gasteiger partial charge in [0, 0.05) is 0 Å². The molecule has 7 heteroatoms. The highest BCUT2D eigenvalue weighted by Crippen LogP contribution is 2.31. The molecule has 4 rings (SSSR count). The van der Waals surface area contributed by atoms with Gasteiger partial charge >= 0.3 is 0 Å². The van der Waals surface area contributed by atoms with Crippen LogP contribution >= 0.6 is 27.7 Å². The van der Waals surface area contributed by atoms with Crippen LogP contribution in [0.5, 0.6) is 0 Å². The number of aromatic nitrogens is 3. The molecule has 0 saturated heterocycles. The molecule has 5 nitrogen and oxygen atoms in total. The molecule has 0 radical (unpaired) electrons. The molecular formula is C23H19BrN4OS. The van der Waals surface area contributed by atoms with Crippen molar-refractivity contribution >= 4 is 27.7 Å². The van der Waals surface area contributed by atoms with Crippen LogP contribution in [-0.4, -0.2) is 20.0 Å². The highest BCUT2D eigenvalue weighted by Gasteiger charge is 2.21. The fraction of sp³-hybridized carbons (Fsp3) is 0.174. The first-order chi connectivity index (χ1) is 14.6. The van der Waals surface area contributed by atoms with E-state index in [9.17, 15) is 5.26 Å². The zero-order valence-electron chi connectivity index (χ0n) is 16.3. The Morgan fingerprint density at radius 2 is 1.80 bits per heavy atom. The van der Waals surface area contributed by atoms with Gasteiger partial charge in [0.1, 0.15) is 5.25 Å². The number of nitriles is 1. The molecule has 1 atom stereocenters. The lowest BCUT2D eigenvalue weighted by Crippen LogP contribution is -2.09. The van der Waals surface area contributed by atoms with Gasteiger partial charge < -0.3 is 4.42 Å².